The fourth-order valence-electron chi connectivity index (χ4n) is 1.31. The van der Waals surface area contributed by atoms with E-state index in [4.69, 9.17) is 4.74 Å². The maximum absolute atomic E-state index is 11.7. The summed E-state index contributed by atoms with van der Waals surface area (Å²) in [4.78, 5) is 11.7. The van der Waals surface area contributed by atoms with Gasteiger partial charge < -0.3 is 9.30 Å². The maximum atomic E-state index is 11.7. The molecule has 0 saturated heterocycles. The van der Waals surface area contributed by atoms with Crippen LogP contribution in [0.4, 0.5) is 0 Å². The molecule has 0 amide bonds. The van der Waals surface area contributed by atoms with Crippen LogP contribution in [0, 0.1) is 0 Å². The molecule has 1 heterocycles. The Bertz CT molecular complexity index is 344. The monoisotopic (exact) mass is 273 g/mol. The molecule has 3 nitrogen and oxygen atoms in total. The van der Waals surface area contributed by atoms with Crippen LogP contribution in [0.25, 0.3) is 0 Å². The largest absolute Gasteiger partial charge is 0.461 e. The molecule has 1 aromatic rings. The first-order chi connectivity index (χ1) is 7.06. The minimum absolute atomic E-state index is 0.250. The molecule has 4 heteroatoms. The molecule has 15 heavy (non-hydrogen) atoms. The molecule has 0 fully saturated rings. The Labute approximate surface area is 98.5 Å². The van der Waals surface area contributed by atoms with Crippen molar-refractivity contribution < 1.29 is 9.53 Å². The summed E-state index contributed by atoms with van der Waals surface area (Å²) in [7, 11) is 0. The molecule has 0 aromatic carbocycles. The Hall–Kier alpha value is -0.770. The van der Waals surface area contributed by atoms with E-state index in [9.17, 15) is 4.79 Å². The lowest BCUT2D eigenvalue weighted by Crippen LogP contribution is -2.13. The number of esters is 1. The summed E-state index contributed by atoms with van der Waals surface area (Å²) < 4.78 is 7.91. The van der Waals surface area contributed by atoms with Crippen molar-refractivity contribution in [1.82, 2.24) is 4.57 Å². The number of carbonyl (C=O) groups excluding carboxylic acids is 1. The van der Waals surface area contributed by atoms with Crippen LogP contribution in [-0.4, -0.2) is 17.1 Å². The van der Waals surface area contributed by atoms with Crippen molar-refractivity contribution in [3.63, 3.8) is 0 Å². The third kappa shape index (κ3) is 3.09. The molecule has 0 aliphatic heterocycles. The highest BCUT2D eigenvalue weighted by Gasteiger charge is 2.15. The van der Waals surface area contributed by atoms with Gasteiger partial charge in [-0.05, 0) is 42.3 Å². The highest BCUT2D eigenvalue weighted by Crippen LogP contribution is 2.20. The quantitative estimate of drug-likeness (QED) is 0.788. The first-order valence-corrected chi connectivity index (χ1v) is 5.90. The minimum Gasteiger partial charge on any atom is -0.461 e. The standard InChI is InChI=1S/C11H16BrNO2/c1-4-5-15-11(14)10-6-9(12)7-13(10)8(2)3/h6-8H,4-5H2,1-3H3. The lowest BCUT2D eigenvalue weighted by atomic mass is 10.3. The van der Waals surface area contributed by atoms with Crippen LogP contribution in [0.15, 0.2) is 16.7 Å². The highest BCUT2D eigenvalue weighted by atomic mass is 79.9. The number of rotatable bonds is 4. The third-order valence-electron chi connectivity index (χ3n) is 2.02. The fraction of sp³-hybridized carbons (Fsp3) is 0.545. The van der Waals surface area contributed by atoms with Crippen LogP contribution in [-0.2, 0) is 4.74 Å². The molecule has 1 aromatic heterocycles. The Morgan fingerprint density at radius 1 is 1.60 bits per heavy atom. The molecule has 0 atom stereocenters. The van der Waals surface area contributed by atoms with Crippen LogP contribution in [0.2, 0.25) is 0 Å². The second-order valence-electron chi connectivity index (χ2n) is 3.68. The van der Waals surface area contributed by atoms with Gasteiger partial charge in [-0.25, -0.2) is 4.79 Å². The summed E-state index contributed by atoms with van der Waals surface area (Å²) in [6.07, 6.45) is 2.74. The van der Waals surface area contributed by atoms with Crippen LogP contribution in [0.1, 0.15) is 43.7 Å². The number of ether oxygens (including phenoxy) is 1. The zero-order valence-corrected chi connectivity index (χ0v) is 10.9. The van der Waals surface area contributed by atoms with Gasteiger partial charge in [0.1, 0.15) is 5.69 Å². The molecule has 84 valence electrons. The van der Waals surface area contributed by atoms with Crippen molar-refractivity contribution >= 4 is 21.9 Å². The van der Waals surface area contributed by atoms with Gasteiger partial charge in [0.25, 0.3) is 0 Å². The van der Waals surface area contributed by atoms with E-state index in [-0.39, 0.29) is 12.0 Å². The van der Waals surface area contributed by atoms with Crippen LogP contribution >= 0.6 is 15.9 Å². The van der Waals surface area contributed by atoms with E-state index in [1.165, 1.54) is 0 Å². The molecule has 0 bridgehead atoms. The van der Waals surface area contributed by atoms with E-state index in [0.717, 1.165) is 10.9 Å². The van der Waals surface area contributed by atoms with Gasteiger partial charge in [-0.15, -0.1) is 0 Å². The molecular formula is C11H16BrNO2. The number of halogens is 1. The van der Waals surface area contributed by atoms with E-state index in [1.807, 2.05) is 31.5 Å². The summed E-state index contributed by atoms with van der Waals surface area (Å²) in [6, 6.07) is 2.04. The van der Waals surface area contributed by atoms with Crippen molar-refractivity contribution in [2.45, 2.75) is 33.2 Å². The topological polar surface area (TPSA) is 31.2 Å². The smallest absolute Gasteiger partial charge is 0.354 e. The van der Waals surface area contributed by atoms with E-state index < -0.39 is 0 Å². The van der Waals surface area contributed by atoms with Crippen molar-refractivity contribution in [3.8, 4) is 0 Å². The maximum Gasteiger partial charge on any atom is 0.354 e. The van der Waals surface area contributed by atoms with Crippen molar-refractivity contribution in [3.05, 3.63) is 22.4 Å². The molecule has 1 rings (SSSR count). The predicted molar refractivity (Wildman–Crippen MR) is 63.1 cm³/mol. The molecule has 0 aliphatic carbocycles. The molecule has 0 radical (unpaired) electrons. The van der Waals surface area contributed by atoms with E-state index in [2.05, 4.69) is 15.9 Å². The Balaban J connectivity index is 2.87. The van der Waals surface area contributed by atoms with E-state index in [1.54, 1.807) is 6.07 Å². The molecule has 0 saturated carbocycles. The highest BCUT2D eigenvalue weighted by molar-refractivity contribution is 9.10. The summed E-state index contributed by atoms with van der Waals surface area (Å²) in [5.41, 5.74) is 0.602. The summed E-state index contributed by atoms with van der Waals surface area (Å²) in [6.45, 7) is 6.51. The Morgan fingerprint density at radius 3 is 2.80 bits per heavy atom. The molecule has 0 spiro atoms. The predicted octanol–water partition coefficient (Wildman–Crippen LogP) is 3.40. The van der Waals surface area contributed by atoms with Gasteiger partial charge in [-0.3, -0.25) is 0 Å². The van der Waals surface area contributed by atoms with Crippen molar-refractivity contribution in [1.29, 1.82) is 0 Å². The lowest BCUT2D eigenvalue weighted by molar-refractivity contribution is 0.0491. The average molecular weight is 274 g/mol. The number of aromatic nitrogens is 1. The van der Waals surface area contributed by atoms with Gasteiger partial charge in [-0.2, -0.15) is 0 Å². The van der Waals surface area contributed by atoms with Gasteiger partial charge in [0.05, 0.1) is 6.61 Å². The minimum atomic E-state index is -0.253. The zero-order chi connectivity index (χ0) is 11.4. The van der Waals surface area contributed by atoms with Crippen LogP contribution in [0.5, 0.6) is 0 Å². The Kier molecular flexibility index (Phi) is 4.39. The zero-order valence-electron chi connectivity index (χ0n) is 9.29. The van der Waals surface area contributed by atoms with Crippen molar-refractivity contribution in [2.75, 3.05) is 6.61 Å². The summed E-state index contributed by atoms with van der Waals surface area (Å²) in [5.74, 6) is -0.253. The summed E-state index contributed by atoms with van der Waals surface area (Å²) >= 11 is 3.36. The molecule has 0 aliphatic rings. The van der Waals surface area contributed by atoms with Crippen LogP contribution in [0.3, 0.4) is 0 Å². The van der Waals surface area contributed by atoms with Gasteiger partial charge in [0.15, 0.2) is 0 Å². The van der Waals surface area contributed by atoms with E-state index in [0.29, 0.717) is 12.3 Å². The lowest BCUT2D eigenvalue weighted by Gasteiger charge is -2.11. The average Bonchev–Trinajstić information content (AvgIpc) is 2.57. The number of hydrogen-bond acceptors (Lipinski definition) is 2. The normalized spacial score (nSPS) is 10.7. The van der Waals surface area contributed by atoms with Gasteiger partial charge in [-0.1, -0.05) is 6.92 Å². The second kappa shape index (κ2) is 5.35. The first-order valence-electron chi connectivity index (χ1n) is 5.10. The number of nitrogens with zero attached hydrogens (tertiary/aromatic N) is 1. The van der Waals surface area contributed by atoms with Crippen LogP contribution < -0.4 is 0 Å². The van der Waals surface area contributed by atoms with Gasteiger partial charge in [0, 0.05) is 16.7 Å². The fourth-order valence-corrected chi connectivity index (χ4v) is 1.74. The van der Waals surface area contributed by atoms with Crippen molar-refractivity contribution in [2.24, 2.45) is 0 Å². The molecule has 0 unspecified atom stereocenters. The summed E-state index contributed by atoms with van der Waals surface area (Å²) in [5, 5.41) is 0. The third-order valence-corrected chi connectivity index (χ3v) is 2.45. The number of carbonyl (C=O) groups is 1. The molecular weight excluding hydrogens is 258 g/mol. The van der Waals surface area contributed by atoms with Gasteiger partial charge >= 0.3 is 5.97 Å². The van der Waals surface area contributed by atoms with E-state index >= 15 is 0 Å². The first kappa shape index (κ1) is 12.3. The number of hydrogen-bond donors (Lipinski definition) is 0. The Morgan fingerprint density at radius 2 is 2.27 bits per heavy atom. The molecule has 0 N–H and O–H groups in total. The SMILES string of the molecule is CCCOC(=O)c1cc(Br)cn1C(C)C. The van der Waals surface area contributed by atoms with Gasteiger partial charge in [0.2, 0.25) is 0 Å². The second-order valence-corrected chi connectivity index (χ2v) is 4.60.